The number of benzene rings is 2. The van der Waals surface area contributed by atoms with Crippen molar-refractivity contribution in [2.24, 2.45) is 0 Å². The van der Waals surface area contributed by atoms with Crippen molar-refractivity contribution >= 4 is 17.7 Å². The summed E-state index contributed by atoms with van der Waals surface area (Å²) in [5, 5.41) is 17.4. The zero-order valence-corrected chi connectivity index (χ0v) is 15.2. The lowest BCUT2D eigenvalue weighted by Crippen LogP contribution is -1.96. The summed E-state index contributed by atoms with van der Waals surface area (Å²) in [6.07, 6.45) is 0. The maximum absolute atomic E-state index is 11.0. The summed E-state index contributed by atoms with van der Waals surface area (Å²) in [6, 6.07) is 12.8. The molecule has 1 aromatic heterocycles. The van der Waals surface area contributed by atoms with Crippen LogP contribution in [0.25, 0.3) is 0 Å². The summed E-state index contributed by atoms with van der Waals surface area (Å²) in [7, 11) is 0. The Bertz CT molecular complexity index is 903. The SMILES string of the molecule is Cc1cc(C)cc(OCc2nnc(SCc3cccc(C(=O)O)c3)o2)c1. The molecule has 0 aliphatic carbocycles. The predicted octanol–water partition coefficient (Wildman–Crippen LogP) is 4.26. The molecule has 3 rings (SSSR count). The van der Waals surface area contributed by atoms with Crippen molar-refractivity contribution in [1.82, 2.24) is 10.2 Å². The van der Waals surface area contributed by atoms with Crippen molar-refractivity contribution in [2.75, 3.05) is 0 Å². The number of aromatic carboxylic acids is 1. The second-order valence-corrected chi connectivity index (χ2v) is 6.79. The van der Waals surface area contributed by atoms with Crippen molar-refractivity contribution in [2.45, 2.75) is 31.4 Å². The van der Waals surface area contributed by atoms with Gasteiger partial charge in [-0.05, 0) is 54.8 Å². The maximum Gasteiger partial charge on any atom is 0.335 e. The molecule has 0 aliphatic heterocycles. The highest BCUT2D eigenvalue weighted by Crippen LogP contribution is 2.23. The Morgan fingerprint density at radius 1 is 1.15 bits per heavy atom. The molecule has 1 heterocycles. The molecule has 26 heavy (non-hydrogen) atoms. The Balaban J connectivity index is 1.56. The van der Waals surface area contributed by atoms with Gasteiger partial charge < -0.3 is 14.3 Å². The molecule has 1 N–H and O–H groups in total. The van der Waals surface area contributed by atoms with Crippen LogP contribution in [0.5, 0.6) is 5.75 Å². The van der Waals surface area contributed by atoms with E-state index < -0.39 is 5.97 Å². The number of hydrogen-bond acceptors (Lipinski definition) is 6. The van der Waals surface area contributed by atoms with Crippen molar-refractivity contribution < 1.29 is 19.1 Å². The molecule has 0 spiro atoms. The summed E-state index contributed by atoms with van der Waals surface area (Å²) in [5.41, 5.74) is 3.40. The van der Waals surface area contributed by atoms with Gasteiger partial charge >= 0.3 is 5.97 Å². The van der Waals surface area contributed by atoms with Gasteiger partial charge in [-0.3, -0.25) is 0 Å². The van der Waals surface area contributed by atoms with Crippen LogP contribution in [-0.4, -0.2) is 21.3 Å². The third-order valence-electron chi connectivity index (χ3n) is 3.54. The molecule has 0 fully saturated rings. The van der Waals surface area contributed by atoms with Crippen LogP contribution in [-0.2, 0) is 12.4 Å². The number of rotatable bonds is 7. The van der Waals surface area contributed by atoms with Crippen LogP contribution in [0.3, 0.4) is 0 Å². The summed E-state index contributed by atoms with van der Waals surface area (Å²) in [4.78, 5) is 11.0. The number of hydrogen-bond donors (Lipinski definition) is 1. The number of carboxylic acids is 1. The molecule has 6 nitrogen and oxygen atoms in total. The highest BCUT2D eigenvalue weighted by molar-refractivity contribution is 7.98. The standard InChI is InChI=1S/C19H18N2O4S/c1-12-6-13(2)8-16(7-12)24-10-17-20-21-19(25-17)26-11-14-4-3-5-15(9-14)18(22)23/h3-9H,10-11H2,1-2H3,(H,22,23). The number of thioether (sulfide) groups is 1. The van der Waals surface area contributed by atoms with Crippen molar-refractivity contribution in [1.29, 1.82) is 0 Å². The van der Waals surface area contributed by atoms with Gasteiger partial charge in [-0.2, -0.15) is 0 Å². The Morgan fingerprint density at radius 2 is 1.92 bits per heavy atom. The van der Waals surface area contributed by atoms with Gasteiger partial charge in [0.15, 0.2) is 6.61 Å². The molecule has 0 aliphatic rings. The van der Waals surface area contributed by atoms with Crippen LogP contribution in [0.4, 0.5) is 0 Å². The highest BCUT2D eigenvalue weighted by Gasteiger charge is 2.09. The van der Waals surface area contributed by atoms with E-state index in [1.165, 1.54) is 11.8 Å². The van der Waals surface area contributed by atoms with Gasteiger partial charge in [-0.1, -0.05) is 30.0 Å². The molecule has 0 unspecified atom stereocenters. The third kappa shape index (κ3) is 4.86. The quantitative estimate of drug-likeness (QED) is 0.622. The third-order valence-corrected chi connectivity index (χ3v) is 4.43. The molecular formula is C19H18N2O4S. The molecule has 7 heteroatoms. The maximum atomic E-state index is 11.0. The van der Waals surface area contributed by atoms with E-state index in [4.69, 9.17) is 14.3 Å². The average Bonchev–Trinajstić information content (AvgIpc) is 3.05. The average molecular weight is 370 g/mol. The molecule has 0 saturated heterocycles. The van der Waals surface area contributed by atoms with Crippen molar-refractivity contribution in [3.05, 3.63) is 70.6 Å². The largest absolute Gasteiger partial charge is 0.484 e. The molecule has 0 radical (unpaired) electrons. The number of carbonyl (C=O) groups is 1. The summed E-state index contributed by atoms with van der Waals surface area (Å²) in [5.74, 6) is 0.757. The molecule has 0 saturated carbocycles. The second kappa shape index (κ2) is 8.05. The minimum absolute atomic E-state index is 0.199. The predicted molar refractivity (Wildman–Crippen MR) is 97.5 cm³/mol. The van der Waals surface area contributed by atoms with E-state index in [0.717, 1.165) is 22.4 Å². The zero-order valence-electron chi connectivity index (χ0n) is 14.4. The number of carboxylic acid groups (broad SMARTS) is 1. The first-order valence-electron chi connectivity index (χ1n) is 7.98. The first-order valence-corrected chi connectivity index (χ1v) is 8.96. The van der Waals surface area contributed by atoms with Gasteiger partial charge in [0.05, 0.1) is 5.56 Å². The fourth-order valence-corrected chi connectivity index (χ4v) is 3.18. The van der Waals surface area contributed by atoms with E-state index in [1.807, 2.05) is 32.0 Å². The fraction of sp³-hybridized carbons (Fsp3) is 0.211. The van der Waals surface area contributed by atoms with E-state index in [1.54, 1.807) is 18.2 Å². The topological polar surface area (TPSA) is 85.5 Å². The molecule has 3 aromatic rings. The van der Waals surface area contributed by atoms with Crippen LogP contribution in [0, 0.1) is 13.8 Å². The molecular weight excluding hydrogens is 352 g/mol. The monoisotopic (exact) mass is 370 g/mol. The Morgan fingerprint density at radius 3 is 2.65 bits per heavy atom. The van der Waals surface area contributed by atoms with Crippen molar-refractivity contribution in [3.63, 3.8) is 0 Å². The van der Waals surface area contributed by atoms with Gasteiger partial charge in [0.1, 0.15) is 5.75 Å². The van der Waals surface area contributed by atoms with Gasteiger partial charge in [0.2, 0.25) is 0 Å². The van der Waals surface area contributed by atoms with Crippen LogP contribution in [0.1, 0.15) is 32.9 Å². The first kappa shape index (κ1) is 18.0. The zero-order chi connectivity index (χ0) is 18.5. The second-order valence-electron chi connectivity index (χ2n) is 5.87. The summed E-state index contributed by atoms with van der Waals surface area (Å²) < 4.78 is 11.3. The van der Waals surface area contributed by atoms with Crippen molar-refractivity contribution in [3.8, 4) is 5.75 Å². The van der Waals surface area contributed by atoms with E-state index in [0.29, 0.717) is 16.9 Å². The van der Waals surface area contributed by atoms with Gasteiger partial charge in [0.25, 0.3) is 11.1 Å². The molecule has 0 atom stereocenters. The summed E-state index contributed by atoms with van der Waals surface area (Å²) >= 11 is 1.35. The lowest BCUT2D eigenvalue weighted by Gasteiger charge is -2.05. The Hall–Kier alpha value is -2.80. The Labute approximate surface area is 155 Å². The number of ether oxygens (including phenoxy) is 1. The van der Waals surface area contributed by atoms with E-state index in [-0.39, 0.29) is 12.2 Å². The van der Waals surface area contributed by atoms with Gasteiger partial charge in [0, 0.05) is 5.75 Å². The fourth-order valence-electron chi connectivity index (χ4n) is 2.46. The minimum Gasteiger partial charge on any atom is -0.484 e. The summed E-state index contributed by atoms with van der Waals surface area (Å²) in [6.45, 7) is 4.23. The van der Waals surface area contributed by atoms with E-state index >= 15 is 0 Å². The normalized spacial score (nSPS) is 10.7. The van der Waals surface area contributed by atoms with E-state index in [2.05, 4.69) is 16.3 Å². The highest BCUT2D eigenvalue weighted by atomic mass is 32.2. The molecule has 2 aromatic carbocycles. The first-order chi connectivity index (χ1) is 12.5. The van der Waals surface area contributed by atoms with Gasteiger partial charge in [-0.15, -0.1) is 10.2 Å². The minimum atomic E-state index is -0.944. The number of nitrogens with zero attached hydrogens (tertiary/aromatic N) is 2. The van der Waals surface area contributed by atoms with Crippen LogP contribution < -0.4 is 4.74 Å². The lowest BCUT2D eigenvalue weighted by molar-refractivity contribution is 0.0696. The van der Waals surface area contributed by atoms with Crippen LogP contribution >= 0.6 is 11.8 Å². The van der Waals surface area contributed by atoms with Gasteiger partial charge in [-0.25, -0.2) is 4.79 Å². The van der Waals surface area contributed by atoms with Crippen LogP contribution in [0.2, 0.25) is 0 Å². The van der Waals surface area contributed by atoms with E-state index in [9.17, 15) is 4.79 Å². The Kier molecular flexibility index (Phi) is 5.58. The molecule has 0 amide bonds. The number of aromatic nitrogens is 2. The smallest absolute Gasteiger partial charge is 0.335 e. The molecule has 134 valence electrons. The van der Waals surface area contributed by atoms with Crippen LogP contribution in [0.15, 0.2) is 52.1 Å². The molecule has 0 bridgehead atoms. The number of aryl methyl sites for hydroxylation is 2. The lowest BCUT2D eigenvalue weighted by atomic mass is 10.1.